The number of phosphoric acid groups is 2. The normalized spacial score (nSPS) is 20.4. The lowest BCUT2D eigenvalue weighted by atomic mass is 10.0. The van der Waals surface area contributed by atoms with Gasteiger partial charge in [0.15, 0.2) is 12.3 Å². The Balaban J connectivity index is 1.87. The van der Waals surface area contributed by atoms with Crippen LogP contribution < -0.4 is 11.4 Å². The highest BCUT2D eigenvalue weighted by molar-refractivity contribution is 7.61. The molecule has 0 spiro atoms. The molecular weight excluding hydrogens is 977 g/mol. The molecule has 0 aromatic carbocycles. The summed E-state index contributed by atoms with van der Waals surface area (Å²) < 4.78 is 56.6. The van der Waals surface area contributed by atoms with Crippen molar-refractivity contribution in [3.05, 3.63) is 71.4 Å². The van der Waals surface area contributed by atoms with Crippen LogP contribution in [0.4, 0.5) is 5.82 Å². The molecule has 22 heteroatoms. The van der Waals surface area contributed by atoms with E-state index in [-0.39, 0.29) is 37.9 Å². The molecule has 0 saturated carbocycles. The molecule has 0 amide bonds. The number of ether oxygens (including phenoxy) is 3. The van der Waals surface area contributed by atoms with Crippen LogP contribution in [0, 0.1) is 5.92 Å². The second-order valence-corrected chi connectivity index (χ2v) is 21.5. The quantitative estimate of drug-likeness (QED) is 0.0140. The van der Waals surface area contributed by atoms with Crippen LogP contribution in [0.3, 0.4) is 0 Å². The zero-order valence-electron chi connectivity index (χ0n) is 42.6. The summed E-state index contributed by atoms with van der Waals surface area (Å²) in [7, 11) is -11.0. The number of allylic oxidation sites excluding steroid dienone is 7. The van der Waals surface area contributed by atoms with Crippen molar-refractivity contribution in [1.29, 1.82) is 0 Å². The van der Waals surface area contributed by atoms with Gasteiger partial charge >= 0.3 is 33.3 Å². The number of carbonyl (C=O) groups excluding carboxylic acids is 2. The third-order valence-electron chi connectivity index (χ3n) is 11.6. The molecule has 9 atom stereocenters. The molecule has 72 heavy (non-hydrogen) atoms. The van der Waals surface area contributed by atoms with Crippen molar-refractivity contribution in [2.24, 2.45) is 5.92 Å². The average Bonchev–Trinajstić information content (AvgIpc) is 3.60. The fraction of sp³-hybridized carbons (Fsp3) is 0.720. The number of rotatable bonds is 41. The number of phosphoric ester groups is 2. The number of nitrogens with zero attached hydrogens (tertiary/aromatic N) is 2. The second kappa shape index (κ2) is 37.4. The molecule has 1 saturated heterocycles. The van der Waals surface area contributed by atoms with E-state index >= 15 is 0 Å². The van der Waals surface area contributed by atoms with Crippen LogP contribution in [0.15, 0.2) is 65.7 Å². The third kappa shape index (κ3) is 30.1. The largest absolute Gasteiger partial charge is 0.481 e. The maximum Gasteiger partial charge on any atom is 0.481 e. The highest BCUT2D eigenvalue weighted by Crippen LogP contribution is 2.60. The molecule has 2 heterocycles. The number of esters is 2. The van der Waals surface area contributed by atoms with E-state index in [1.54, 1.807) is 6.08 Å². The standard InChI is InChI=1S/C50H85N3O17P2/c1-4-5-6-7-8-9-10-14-17-20-23-26-30-41(54)42(55)31-28-33-46(57)68-40(36-65-45(56)32-27-24-21-18-15-12-11-13-16-19-22-25-29-39(2)3)37-66-71(61,62)70-72(63,64)67-38-43-47(58)48(59)49(69-43)53-35-34-44(51)52-50(53)60/h5-6,8-9,14,17,23,26,34-35,39-43,47-49,54-55,58-59H,4,7,10-13,15-16,18-22,24-25,27-33,36-38H2,1-3H3,(H,61,62)(H,63,64)(H2,51,52,60)/b6-5-,9-8-,17-14-,26-23-/t40-,41-,42-,43-,47-,48-,49-/m1/s1. The number of nitrogens with two attached hydrogens (primary N) is 1. The van der Waals surface area contributed by atoms with Crippen molar-refractivity contribution in [1.82, 2.24) is 9.55 Å². The summed E-state index contributed by atoms with van der Waals surface area (Å²) in [5.74, 6) is -0.835. The van der Waals surface area contributed by atoms with Crippen molar-refractivity contribution in [2.75, 3.05) is 25.6 Å². The number of aliphatic hydroxyl groups is 4. The summed E-state index contributed by atoms with van der Waals surface area (Å²) in [6, 6.07) is 1.23. The van der Waals surface area contributed by atoms with Gasteiger partial charge in [0, 0.05) is 19.0 Å². The fourth-order valence-corrected chi connectivity index (χ4v) is 9.58. The zero-order chi connectivity index (χ0) is 53.2. The van der Waals surface area contributed by atoms with Gasteiger partial charge in [-0.1, -0.05) is 146 Å². The summed E-state index contributed by atoms with van der Waals surface area (Å²) >= 11 is 0. The number of nitrogen functional groups attached to an aromatic ring is 1. The molecule has 0 bridgehead atoms. The molecule has 8 N–H and O–H groups in total. The van der Waals surface area contributed by atoms with Crippen LogP contribution in [0.2, 0.25) is 0 Å². The molecule has 20 nitrogen and oxygen atoms in total. The number of hydrogen-bond acceptors (Lipinski definition) is 17. The highest BCUT2D eigenvalue weighted by atomic mass is 31.3. The van der Waals surface area contributed by atoms with Crippen LogP contribution in [0.25, 0.3) is 0 Å². The van der Waals surface area contributed by atoms with E-state index in [4.69, 9.17) is 29.0 Å². The predicted octanol–water partition coefficient (Wildman–Crippen LogP) is 8.36. The first-order valence-corrected chi connectivity index (χ1v) is 28.7. The van der Waals surface area contributed by atoms with Gasteiger partial charge in [0.2, 0.25) is 0 Å². The van der Waals surface area contributed by atoms with Crippen LogP contribution in [0.1, 0.15) is 168 Å². The van der Waals surface area contributed by atoms with Crippen LogP contribution in [0.5, 0.6) is 0 Å². The van der Waals surface area contributed by atoms with E-state index in [0.29, 0.717) is 12.8 Å². The monoisotopic (exact) mass is 1060 g/mol. The molecule has 0 aliphatic carbocycles. The van der Waals surface area contributed by atoms with E-state index < -0.39 is 95.9 Å². The van der Waals surface area contributed by atoms with Gasteiger partial charge in [0.25, 0.3) is 0 Å². The Labute approximate surface area is 425 Å². The highest BCUT2D eigenvalue weighted by Gasteiger charge is 2.46. The summed E-state index contributed by atoms with van der Waals surface area (Å²) in [6.07, 6.45) is 25.0. The van der Waals surface area contributed by atoms with Gasteiger partial charge in [0.1, 0.15) is 30.7 Å². The Kier molecular flexibility index (Phi) is 33.6. The Morgan fingerprint density at radius 1 is 0.736 bits per heavy atom. The smallest absolute Gasteiger partial charge is 0.462 e. The minimum Gasteiger partial charge on any atom is -0.462 e. The number of unbranched alkanes of at least 4 members (excludes halogenated alkanes) is 11. The molecule has 412 valence electrons. The maximum absolute atomic E-state index is 12.9. The summed E-state index contributed by atoms with van der Waals surface area (Å²) in [6.45, 7) is 4.05. The van der Waals surface area contributed by atoms with Crippen molar-refractivity contribution < 1.29 is 76.5 Å². The number of carbonyl (C=O) groups is 2. The van der Waals surface area contributed by atoms with Crippen LogP contribution in [-0.4, -0.2) is 108 Å². The average molecular weight is 1060 g/mol. The van der Waals surface area contributed by atoms with Gasteiger partial charge in [-0.15, -0.1) is 0 Å². The molecule has 1 aliphatic heterocycles. The van der Waals surface area contributed by atoms with Crippen molar-refractivity contribution >= 4 is 33.4 Å². The minimum absolute atomic E-state index is 0.0315. The van der Waals surface area contributed by atoms with Gasteiger partial charge < -0.3 is 50.2 Å². The summed E-state index contributed by atoms with van der Waals surface area (Å²) in [5.41, 5.74) is 4.56. The van der Waals surface area contributed by atoms with Crippen molar-refractivity contribution in [3.63, 3.8) is 0 Å². The fourth-order valence-electron chi connectivity index (χ4n) is 7.47. The lowest BCUT2D eigenvalue weighted by molar-refractivity contribution is -0.161. The molecule has 1 aliphatic rings. The van der Waals surface area contributed by atoms with Crippen LogP contribution >= 0.6 is 15.6 Å². The van der Waals surface area contributed by atoms with E-state index in [9.17, 15) is 53.7 Å². The molecule has 0 radical (unpaired) electrons. The van der Waals surface area contributed by atoms with Gasteiger partial charge in [-0.05, 0) is 63.4 Å². The number of aliphatic hydroxyl groups excluding tert-OH is 4. The maximum atomic E-state index is 12.9. The number of hydrogen-bond donors (Lipinski definition) is 7. The van der Waals surface area contributed by atoms with Crippen LogP contribution in [-0.2, 0) is 46.3 Å². The second-order valence-electron chi connectivity index (χ2n) is 18.4. The molecular formula is C50H85N3O17P2. The Morgan fingerprint density at radius 2 is 1.28 bits per heavy atom. The molecule has 2 unspecified atom stereocenters. The predicted molar refractivity (Wildman–Crippen MR) is 273 cm³/mol. The third-order valence-corrected chi connectivity index (χ3v) is 14.2. The lowest BCUT2D eigenvalue weighted by Crippen LogP contribution is -2.36. The molecule has 1 aromatic rings. The van der Waals surface area contributed by atoms with Gasteiger partial charge in [-0.2, -0.15) is 9.29 Å². The first kappa shape index (κ1) is 64.8. The first-order valence-electron chi connectivity index (χ1n) is 25.7. The molecule has 2 rings (SSSR count). The van der Waals surface area contributed by atoms with Gasteiger partial charge in [-0.25, -0.2) is 13.9 Å². The van der Waals surface area contributed by atoms with Crippen molar-refractivity contribution in [2.45, 2.75) is 205 Å². The lowest BCUT2D eigenvalue weighted by Gasteiger charge is -2.22. The van der Waals surface area contributed by atoms with Crippen molar-refractivity contribution in [3.8, 4) is 0 Å². The molecule has 1 fully saturated rings. The number of anilines is 1. The van der Waals surface area contributed by atoms with E-state index in [1.807, 2.05) is 18.2 Å². The summed E-state index contributed by atoms with van der Waals surface area (Å²) in [4.78, 5) is 62.0. The van der Waals surface area contributed by atoms with E-state index in [1.165, 1.54) is 57.4 Å². The molecule has 1 aromatic heterocycles. The topological polar surface area (TPSA) is 306 Å². The van der Waals surface area contributed by atoms with Gasteiger partial charge in [-0.3, -0.25) is 23.2 Å². The first-order chi connectivity index (χ1) is 34.3. The van der Waals surface area contributed by atoms with Gasteiger partial charge in [0.05, 0.1) is 25.4 Å². The Hall–Kier alpha value is -3.36. The van der Waals surface area contributed by atoms with E-state index in [0.717, 1.165) is 61.6 Å². The summed E-state index contributed by atoms with van der Waals surface area (Å²) in [5, 5.41) is 41.8. The number of aromatic nitrogens is 2. The Morgan fingerprint density at radius 3 is 1.86 bits per heavy atom. The Bertz CT molecular complexity index is 1950. The van der Waals surface area contributed by atoms with E-state index in [2.05, 4.69) is 54.4 Å². The minimum atomic E-state index is -5.50. The zero-order valence-corrected chi connectivity index (χ0v) is 44.4. The SMILES string of the molecule is CC/C=C\C/C=C\C/C=C\C/C=C\C[C@@H](O)[C@H](O)CCCC(=O)O[C@H](COC(=O)CCCCCCCCCCCCCCC(C)C)COP(=O)(O)OP(=O)(O)OC[C@H]1O[C@@H](n2ccc(N)nc2=O)[C@H](O)[C@@H]1O.